The molecule has 0 aromatic heterocycles. The van der Waals surface area contributed by atoms with Crippen LogP contribution >= 0.6 is 0 Å². The highest BCUT2D eigenvalue weighted by atomic mass is 16.4. The Morgan fingerprint density at radius 3 is 1.42 bits per heavy atom. The van der Waals surface area contributed by atoms with E-state index in [0.29, 0.717) is 11.1 Å². The first-order valence-corrected chi connectivity index (χ1v) is 8.04. The molecule has 0 aliphatic heterocycles. The van der Waals surface area contributed by atoms with Crippen LogP contribution in [-0.2, 0) is 12.8 Å². The molecule has 2 aromatic carbocycles. The lowest BCUT2D eigenvalue weighted by Crippen LogP contribution is -2.00. The predicted molar refractivity (Wildman–Crippen MR) is 92.9 cm³/mol. The van der Waals surface area contributed by atoms with E-state index in [0.717, 1.165) is 36.8 Å². The Bertz CT molecular complexity index is 697. The van der Waals surface area contributed by atoms with Crippen molar-refractivity contribution in [1.29, 1.82) is 0 Å². The van der Waals surface area contributed by atoms with Crippen LogP contribution in [0, 0.1) is 13.8 Å². The number of aromatic carboxylic acids is 2. The van der Waals surface area contributed by atoms with Crippen molar-refractivity contribution >= 4 is 11.9 Å². The van der Waals surface area contributed by atoms with Gasteiger partial charge in [0.2, 0.25) is 0 Å². The van der Waals surface area contributed by atoms with E-state index < -0.39 is 11.9 Å². The van der Waals surface area contributed by atoms with E-state index in [9.17, 15) is 9.59 Å². The minimum atomic E-state index is -0.898. The van der Waals surface area contributed by atoms with E-state index in [1.807, 2.05) is 26.0 Å². The number of carboxylic acid groups (broad SMARTS) is 2. The van der Waals surface area contributed by atoms with Gasteiger partial charge in [-0.1, -0.05) is 12.1 Å². The molecule has 0 saturated carbocycles. The second-order valence-corrected chi connectivity index (χ2v) is 6.10. The van der Waals surface area contributed by atoms with E-state index in [4.69, 9.17) is 10.2 Å². The molecule has 0 radical (unpaired) electrons. The molecule has 0 aliphatic rings. The van der Waals surface area contributed by atoms with Gasteiger partial charge in [-0.05, 0) is 86.1 Å². The van der Waals surface area contributed by atoms with Gasteiger partial charge < -0.3 is 10.2 Å². The normalized spacial score (nSPS) is 10.6. The zero-order valence-corrected chi connectivity index (χ0v) is 14.0. The fourth-order valence-corrected chi connectivity index (χ4v) is 2.85. The van der Waals surface area contributed by atoms with Crippen LogP contribution in [0.4, 0.5) is 0 Å². The molecule has 0 saturated heterocycles. The molecule has 2 N–H and O–H groups in total. The summed E-state index contributed by atoms with van der Waals surface area (Å²) in [6, 6.07) is 10.5. The van der Waals surface area contributed by atoms with Gasteiger partial charge in [0, 0.05) is 0 Å². The van der Waals surface area contributed by atoms with Crippen molar-refractivity contribution in [3.63, 3.8) is 0 Å². The lowest BCUT2D eigenvalue weighted by molar-refractivity contribution is 0.0686. The monoisotopic (exact) mass is 326 g/mol. The Labute approximate surface area is 141 Å². The lowest BCUT2D eigenvalue weighted by atomic mass is 9.97. The maximum atomic E-state index is 10.9. The molecule has 24 heavy (non-hydrogen) atoms. The Hall–Kier alpha value is -2.62. The number of hydrogen-bond donors (Lipinski definition) is 2. The quantitative estimate of drug-likeness (QED) is 0.745. The molecule has 0 fully saturated rings. The third-order valence-electron chi connectivity index (χ3n) is 4.32. The van der Waals surface area contributed by atoms with Crippen LogP contribution in [0.15, 0.2) is 36.4 Å². The summed E-state index contributed by atoms with van der Waals surface area (Å²) in [6.45, 7) is 3.88. The van der Waals surface area contributed by atoms with E-state index in [1.54, 1.807) is 24.3 Å². The second-order valence-electron chi connectivity index (χ2n) is 6.10. The molecule has 2 aromatic rings. The molecule has 4 heteroatoms. The number of hydrogen-bond acceptors (Lipinski definition) is 2. The largest absolute Gasteiger partial charge is 0.478 e. The number of unbranched alkanes of at least 4 members (excludes halogenated alkanes) is 1. The van der Waals surface area contributed by atoms with Gasteiger partial charge in [-0.15, -0.1) is 0 Å². The SMILES string of the molecule is Cc1cc(C(=O)O)ccc1CCCCc1ccc(C(=O)O)cc1C. The van der Waals surface area contributed by atoms with Gasteiger partial charge in [-0.3, -0.25) is 0 Å². The molecule has 2 rings (SSSR count). The first-order chi connectivity index (χ1) is 11.4. The van der Waals surface area contributed by atoms with E-state index >= 15 is 0 Å². The average molecular weight is 326 g/mol. The molecular weight excluding hydrogens is 304 g/mol. The van der Waals surface area contributed by atoms with Crippen molar-refractivity contribution in [3.8, 4) is 0 Å². The van der Waals surface area contributed by atoms with Crippen molar-refractivity contribution in [2.45, 2.75) is 39.5 Å². The highest BCUT2D eigenvalue weighted by Crippen LogP contribution is 2.17. The molecule has 0 atom stereocenters. The number of carbonyl (C=O) groups is 2. The Morgan fingerprint density at radius 2 is 1.12 bits per heavy atom. The lowest BCUT2D eigenvalue weighted by Gasteiger charge is -2.09. The summed E-state index contributed by atoms with van der Waals surface area (Å²) in [7, 11) is 0. The number of rotatable bonds is 7. The first kappa shape index (κ1) is 17.7. The summed E-state index contributed by atoms with van der Waals surface area (Å²) < 4.78 is 0. The van der Waals surface area contributed by atoms with E-state index in [1.165, 1.54) is 11.1 Å². The zero-order chi connectivity index (χ0) is 17.7. The molecule has 0 unspecified atom stereocenters. The van der Waals surface area contributed by atoms with Gasteiger partial charge >= 0.3 is 11.9 Å². The van der Waals surface area contributed by atoms with Crippen LogP contribution in [0.3, 0.4) is 0 Å². The average Bonchev–Trinajstić information content (AvgIpc) is 2.53. The fourth-order valence-electron chi connectivity index (χ4n) is 2.85. The van der Waals surface area contributed by atoms with Gasteiger partial charge in [-0.25, -0.2) is 9.59 Å². The van der Waals surface area contributed by atoms with E-state index in [-0.39, 0.29) is 0 Å². The Kier molecular flexibility index (Phi) is 5.74. The molecule has 0 spiro atoms. The van der Waals surface area contributed by atoms with Crippen molar-refractivity contribution < 1.29 is 19.8 Å². The minimum Gasteiger partial charge on any atom is -0.478 e. The fraction of sp³-hybridized carbons (Fsp3) is 0.300. The van der Waals surface area contributed by atoms with Crippen molar-refractivity contribution in [2.24, 2.45) is 0 Å². The Morgan fingerprint density at radius 1 is 0.750 bits per heavy atom. The number of aryl methyl sites for hydroxylation is 4. The number of benzene rings is 2. The van der Waals surface area contributed by atoms with Crippen LogP contribution in [0.5, 0.6) is 0 Å². The topological polar surface area (TPSA) is 74.6 Å². The van der Waals surface area contributed by atoms with Crippen molar-refractivity contribution in [2.75, 3.05) is 0 Å². The molecule has 0 aliphatic carbocycles. The summed E-state index contributed by atoms with van der Waals surface area (Å²) in [4.78, 5) is 21.9. The molecule has 0 bridgehead atoms. The maximum absolute atomic E-state index is 10.9. The molecule has 126 valence electrons. The van der Waals surface area contributed by atoms with Crippen molar-refractivity contribution in [3.05, 3.63) is 69.8 Å². The first-order valence-electron chi connectivity index (χ1n) is 8.04. The summed E-state index contributed by atoms with van der Waals surface area (Å²) in [5, 5.41) is 18.0. The summed E-state index contributed by atoms with van der Waals surface area (Å²) in [6.07, 6.45) is 3.84. The number of carboxylic acids is 2. The van der Waals surface area contributed by atoms with Gasteiger partial charge in [0.25, 0.3) is 0 Å². The van der Waals surface area contributed by atoms with Crippen LogP contribution in [0.25, 0.3) is 0 Å². The summed E-state index contributed by atoms with van der Waals surface area (Å²) in [5.41, 5.74) is 5.03. The molecule has 0 heterocycles. The van der Waals surface area contributed by atoms with E-state index in [2.05, 4.69) is 0 Å². The summed E-state index contributed by atoms with van der Waals surface area (Å²) >= 11 is 0. The predicted octanol–water partition coefficient (Wildman–Crippen LogP) is 4.27. The highest BCUT2D eigenvalue weighted by molar-refractivity contribution is 5.88. The third-order valence-corrected chi connectivity index (χ3v) is 4.32. The van der Waals surface area contributed by atoms with Crippen LogP contribution in [0.1, 0.15) is 55.8 Å². The van der Waals surface area contributed by atoms with Crippen LogP contribution in [0.2, 0.25) is 0 Å². The zero-order valence-electron chi connectivity index (χ0n) is 14.0. The Balaban J connectivity index is 1.89. The molecule has 0 amide bonds. The van der Waals surface area contributed by atoms with Gasteiger partial charge in [0.15, 0.2) is 0 Å². The standard InChI is InChI=1S/C20H22O4/c1-13-11-17(19(21)22)9-7-15(13)5-3-4-6-16-8-10-18(20(23)24)12-14(16)2/h7-12H,3-6H2,1-2H3,(H,21,22)(H,23,24). The van der Waals surface area contributed by atoms with Crippen molar-refractivity contribution in [1.82, 2.24) is 0 Å². The van der Waals surface area contributed by atoms with Gasteiger partial charge in [-0.2, -0.15) is 0 Å². The summed E-state index contributed by atoms with van der Waals surface area (Å²) in [5.74, 6) is -1.80. The third kappa shape index (κ3) is 4.44. The molecule has 4 nitrogen and oxygen atoms in total. The highest BCUT2D eigenvalue weighted by Gasteiger charge is 2.07. The maximum Gasteiger partial charge on any atom is 0.335 e. The molecular formula is C20H22O4. The van der Waals surface area contributed by atoms with Crippen LogP contribution in [-0.4, -0.2) is 22.2 Å². The van der Waals surface area contributed by atoms with Crippen LogP contribution < -0.4 is 0 Å². The second kappa shape index (κ2) is 7.77. The van der Waals surface area contributed by atoms with Gasteiger partial charge in [0.05, 0.1) is 11.1 Å². The minimum absolute atomic E-state index is 0.324. The van der Waals surface area contributed by atoms with Gasteiger partial charge in [0.1, 0.15) is 0 Å². The smallest absolute Gasteiger partial charge is 0.335 e.